The number of hydrogen-bond acceptors (Lipinski definition) is 4. The molecular weight excluding hydrogens is 386 g/mol. The zero-order chi connectivity index (χ0) is 21.4. The van der Waals surface area contributed by atoms with E-state index in [2.05, 4.69) is 37.9 Å². The molecule has 1 aliphatic rings. The number of piperidine rings is 1. The van der Waals surface area contributed by atoms with Gasteiger partial charge in [-0.05, 0) is 52.2 Å². The Balaban J connectivity index is 1.80. The van der Waals surface area contributed by atoms with Gasteiger partial charge in [-0.15, -0.1) is 0 Å². The maximum Gasteiger partial charge on any atom is 0.236 e. The van der Waals surface area contributed by atoms with Gasteiger partial charge in [0.1, 0.15) is 0 Å². The minimum atomic E-state index is -3.46. The first kappa shape index (κ1) is 23.6. The molecule has 0 atom stereocenters. The zero-order valence-corrected chi connectivity index (χ0v) is 18.9. The fourth-order valence-electron chi connectivity index (χ4n) is 3.75. The molecule has 0 bridgehead atoms. The molecule has 29 heavy (non-hydrogen) atoms. The van der Waals surface area contributed by atoms with E-state index in [4.69, 9.17) is 0 Å². The number of benzene rings is 1. The maximum atomic E-state index is 12.5. The standard InChI is InChI=1S/C22H35N3O3S/c1-18(2)25(19(3)4)16-13-23-22(26)21-10-14-24(15-11-21)29(27,28)17-12-20-8-6-5-7-9-20/h5-9,12,17-19,21H,10-11,13-16H2,1-4H3,(H,23,26). The maximum absolute atomic E-state index is 12.5. The third-order valence-electron chi connectivity index (χ3n) is 5.41. The van der Waals surface area contributed by atoms with Crippen LogP contribution < -0.4 is 5.32 Å². The summed E-state index contributed by atoms with van der Waals surface area (Å²) < 4.78 is 26.6. The van der Waals surface area contributed by atoms with Gasteiger partial charge < -0.3 is 5.32 Å². The van der Waals surface area contributed by atoms with Crippen LogP contribution in [0.1, 0.15) is 46.1 Å². The molecule has 7 heteroatoms. The van der Waals surface area contributed by atoms with E-state index in [9.17, 15) is 13.2 Å². The molecule has 0 unspecified atom stereocenters. The average Bonchev–Trinajstić information content (AvgIpc) is 2.70. The summed E-state index contributed by atoms with van der Waals surface area (Å²) >= 11 is 0. The molecule has 1 amide bonds. The lowest BCUT2D eigenvalue weighted by atomic mass is 9.97. The van der Waals surface area contributed by atoms with Crippen LogP contribution in [0.15, 0.2) is 35.7 Å². The summed E-state index contributed by atoms with van der Waals surface area (Å²) in [4.78, 5) is 14.8. The lowest BCUT2D eigenvalue weighted by Crippen LogP contribution is -2.45. The van der Waals surface area contributed by atoms with Crippen LogP contribution in [-0.2, 0) is 14.8 Å². The van der Waals surface area contributed by atoms with Crippen molar-refractivity contribution in [2.75, 3.05) is 26.2 Å². The minimum absolute atomic E-state index is 0.0364. The third-order valence-corrected chi connectivity index (χ3v) is 6.98. The van der Waals surface area contributed by atoms with Crippen molar-refractivity contribution in [1.82, 2.24) is 14.5 Å². The van der Waals surface area contributed by atoms with Crippen LogP contribution in [-0.4, -0.2) is 61.8 Å². The van der Waals surface area contributed by atoms with Gasteiger partial charge in [-0.2, -0.15) is 4.31 Å². The minimum Gasteiger partial charge on any atom is -0.355 e. The van der Waals surface area contributed by atoms with Gasteiger partial charge in [0.2, 0.25) is 15.9 Å². The molecule has 1 N–H and O–H groups in total. The van der Waals surface area contributed by atoms with Gasteiger partial charge in [-0.1, -0.05) is 30.3 Å². The highest BCUT2D eigenvalue weighted by atomic mass is 32.2. The Hall–Kier alpha value is -1.70. The van der Waals surface area contributed by atoms with Gasteiger partial charge >= 0.3 is 0 Å². The van der Waals surface area contributed by atoms with E-state index < -0.39 is 10.0 Å². The molecule has 1 aromatic carbocycles. The Labute approximate surface area is 176 Å². The highest BCUT2D eigenvalue weighted by molar-refractivity contribution is 7.92. The van der Waals surface area contributed by atoms with E-state index in [1.54, 1.807) is 6.08 Å². The lowest BCUT2D eigenvalue weighted by molar-refractivity contribution is -0.126. The molecule has 1 aliphatic heterocycles. The predicted octanol–water partition coefficient (Wildman–Crippen LogP) is 2.93. The van der Waals surface area contributed by atoms with Gasteiger partial charge in [0.05, 0.1) is 0 Å². The van der Waals surface area contributed by atoms with E-state index >= 15 is 0 Å². The number of nitrogens with zero attached hydrogens (tertiary/aromatic N) is 2. The van der Waals surface area contributed by atoms with E-state index in [0.29, 0.717) is 44.6 Å². The monoisotopic (exact) mass is 421 g/mol. The quantitative estimate of drug-likeness (QED) is 0.666. The molecule has 1 saturated heterocycles. The molecule has 0 spiro atoms. The third kappa shape index (κ3) is 7.24. The summed E-state index contributed by atoms with van der Waals surface area (Å²) in [5.41, 5.74) is 0.849. The van der Waals surface area contributed by atoms with E-state index in [1.165, 1.54) is 9.71 Å². The van der Waals surface area contributed by atoms with Gasteiger partial charge in [0, 0.05) is 49.6 Å². The normalized spacial score (nSPS) is 16.9. The molecule has 0 aliphatic carbocycles. The summed E-state index contributed by atoms with van der Waals surface area (Å²) in [6.07, 6.45) is 2.73. The van der Waals surface area contributed by atoms with Crippen molar-refractivity contribution in [3.8, 4) is 0 Å². The Kier molecular flexibility index (Phi) is 8.86. The average molecular weight is 422 g/mol. The number of amides is 1. The van der Waals surface area contributed by atoms with Crippen molar-refractivity contribution >= 4 is 22.0 Å². The van der Waals surface area contributed by atoms with E-state index in [-0.39, 0.29) is 11.8 Å². The fourth-order valence-corrected chi connectivity index (χ4v) is 4.97. The lowest BCUT2D eigenvalue weighted by Gasteiger charge is -2.32. The number of nitrogens with one attached hydrogen (secondary N) is 1. The molecule has 0 saturated carbocycles. The van der Waals surface area contributed by atoms with Crippen LogP contribution in [0.3, 0.4) is 0 Å². The van der Waals surface area contributed by atoms with Gasteiger partial charge in [0.15, 0.2) is 0 Å². The van der Waals surface area contributed by atoms with Crippen molar-refractivity contribution < 1.29 is 13.2 Å². The molecule has 1 aromatic rings. The molecule has 1 heterocycles. The number of rotatable bonds is 9. The first-order valence-corrected chi connectivity index (χ1v) is 12.0. The first-order valence-electron chi connectivity index (χ1n) is 10.5. The van der Waals surface area contributed by atoms with Gasteiger partial charge in [-0.3, -0.25) is 9.69 Å². The van der Waals surface area contributed by atoms with Crippen molar-refractivity contribution in [3.63, 3.8) is 0 Å². The Bertz CT molecular complexity index is 760. The molecule has 6 nitrogen and oxygen atoms in total. The Morgan fingerprint density at radius 2 is 1.72 bits per heavy atom. The van der Waals surface area contributed by atoms with Crippen LogP contribution >= 0.6 is 0 Å². The second-order valence-electron chi connectivity index (χ2n) is 8.15. The van der Waals surface area contributed by atoms with Crippen LogP contribution in [0.5, 0.6) is 0 Å². The summed E-state index contributed by atoms with van der Waals surface area (Å²) in [6, 6.07) is 10.2. The number of carbonyl (C=O) groups excluding carboxylic acids is 1. The predicted molar refractivity (Wildman–Crippen MR) is 119 cm³/mol. The van der Waals surface area contributed by atoms with Gasteiger partial charge in [0.25, 0.3) is 0 Å². The summed E-state index contributed by atoms with van der Waals surface area (Å²) in [5.74, 6) is -0.0829. The van der Waals surface area contributed by atoms with Crippen molar-refractivity contribution in [3.05, 3.63) is 41.3 Å². The summed E-state index contributed by atoms with van der Waals surface area (Å²) in [6.45, 7) is 10.8. The SMILES string of the molecule is CC(C)N(CCNC(=O)C1CCN(S(=O)(=O)C=Cc2ccccc2)CC1)C(C)C. The number of hydrogen-bond donors (Lipinski definition) is 1. The highest BCUT2D eigenvalue weighted by Gasteiger charge is 2.29. The van der Waals surface area contributed by atoms with Crippen LogP contribution in [0.2, 0.25) is 0 Å². The molecule has 1 fully saturated rings. The van der Waals surface area contributed by atoms with Crippen LogP contribution in [0.25, 0.3) is 6.08 Å². The topological polar surface area (TPSA) is 69.7 Å². The first-order chi connectivity index (χ1) is 13.7. The van der Waals surface area contributed by atoms with Crippen molar-refractivity contribution in [2.45, 2.75) is 52.6 Å². The molecular formula is C22H35N3O3S. The van der Waals surface area contributed by atoms with Crippen molar-refractivity contribution in [1.29, 1.82) is 0 Å². The van der Waals surface area contributed by atoms with Crippen LogP contribution in [0.4, 0.5) is 0 Å². The molecule has 0 radical (unpaired) electrons. The molecule has 2 rings (SSSR count). The Morgan fingerprint density at radius 3 is 2.28 bits per heavy atom. The van der Waals surface area contributed by atoms with E-state index in [1.807, 2.05) is 30.3 Å². The smallest absolute Gasteiger partial charge is 0.236 e. The van der Waals surface area contributed by atoms with Crippen LogP contribution in [0, 0.1) is 5.92 Å². The fraction of sp³-hybridized carbons (Fsp3) is 0.591. The van der Waals surface area contributed by atoms with Gasteiger partial charge in [-0.25, -0.2) is 8.42 Å². The largest absolute Gasteiger partial charge is 0.355 e. The molecule has 0 aromatic heterocycles. The zero-order valence-electron chi connectivity index (χ0n) is 18.0. The van der Waals surface area contributed by atoms with E-state index in [0.717, 1.165) is 12.1 Å². The second-order valence-corrected chi connectivity index (χ2v) is 9.97. The number of sulfonamides is 1. The second kappa shape index (κ2) is 10.9. The Morgan fingerprint density at radius 1 is 1.14 bits per heavy atom. The van der Waals surface area contributed by atoms with Crippen molar-refractivity contribution in [2.24, 2.45) is 5.92 Å². The summed E-state index contributed by atoms with van der Waals surface area (Å²) in [5, 5.41) is 4.29. The molecule has 162 valence electrons. The highest BCUT2D eigenvalue weighted by Crippen LogP contribution is 2.21. The summed E-state index contributed by atoms with van der Waals surface area (Å²) in [7, 11) is -3.46. The number of carbonyl (C=O) groups is 1.